The molecule has 0 bridgehead atoms. The van der Waals surface area contributed by atoms with Crippen LogP contribution < -0.4 is 10.2 Å². The number of rotatable bonds is 7. The van der Waals surface area contributed by atoms with Gasteiger partial charge >= 0.3 is 0 Å². The van der Waals surface area contributed by atoms with Crippen molar-refractivity contribution in [3.63, 3.8) is 0 Å². The number of fused-ring (bicyclic) bond motifs is 13. The van der Waals surface area contributed by atoms with Crippen molar-refractivity contribution in [3.05, 3.63) is 270 Å². The Morgan fingerprint density at radius 2 is 0.773 bits per heavy atom. The second-order valence-electron chi connectivity index (χ2n) is 18.4. The highest BCUT2D eigenvalue weighted by molar-refractivity contribution is 6.06. The molecule has 66 heavy (non-hydrogen) atoms. The average molecular weight is 843 g/mol. The lowest BCUT2D eigenvalue weighted by Gasteiger charge is -2.33. The first kappa shape index (κ1) is 38.3. The van der Waals surface area contributed by atoms with Gasteiger partial charge in [-0.15, -0.1) is 0 Å². The standard InChI is InChI=1S/C64H46N2/c1-63(2)51-30-14-9-27-47(51)50-40-39-44(41-56(50)63)66(59-37-18-13-26-46(59)43-23-7-4-8-24-43)60-38-20-34-55-62(60)61-54(64(55)52-31-15-10-28-48(52)49-29-11-16-32-53(49)64)33-19-36-58(61)65-57-35-17-12-25-45(57)42-21-5-3-6-22-42/h3-41,65H,1-2H3. The molecule has 312 valence electrons. The van der Waals surface area contributed by atoms with E-state index in [1.165, 1.54) is 83.5 Å². The van der Waals surface area contributed by atoms with Crippen LogP contribution in [0.5, 0.6) is 0 Å². The molecule has 3 aliphatic carbocycles. The van der Waals surface area contributed by atoms with E-state index >= 15 is 0 Å². The molecule has 10 aromatic rings. The van der Waals surface area contributed by atoms with Gasteiger partial charge in [-0.2, -0.15) is 0 Å². The van der Waals surface area contributed by atoms with Crippen LogP contribution in [0.25, 0.3) is 55.6 Å². The Kier molecular flexibility index (Phi) is 8.51. The number of anilines is 5. The quantitative estimate of drug-likeness (QED) is 0.172. The summed E-state index contributed by atoms with van der Waals surface area (Å²) in [4.78, 5) is 2.56. The number of hydrogen-bond donors (Lipinski definition) is 1. The zero-order valence-electron chi connectivity index (χ0n) is 37.0. The number of benzene rings is 10. The minimum absolute atomic E-state index is 0.178. The molecule has 13 rings (SSSR count). The highest BCUT2D eigenvalue weighted by Gasteiger charge is 2.53. The number of nitrogens with zero attached hydrogens (tertiary/aromatic N) is 1. The topological polar surface area (TPSA) is 15.3 Å². The van der Waals surface area contributed by atoms with Gasteiger partial charge in [0, 0.05) is 44.7 Å². The highest BCUT2D eigenvalue weighted by atomic mass is 15.1. The van der Waals surface area contributed by atoms with E-state index in [9.17, 15) is 0 Å². The van der Waals surface area contributed by atoms with Gasteiger partial charge in [0.05, 0.1) is 16.8 Å². The van der Waals surface area contributed by atoms with E-state index in [0.717, 1.165) is 34.0 Å². The Hall–Kier alpha value is -8.20. The van der Waals surface area contributed by atoms with Crippen LogP contribution in [0, 0.1) is 0 Å². The van der Waals surface area contributed by atoms with Crippen LogP contribution in [0.4, 0.5) is 28.4 Å². The molecule has 1 spiro atoms. The van der Waals surface area contributed by atoms with Crippen molar-refractivity contribution >= 4 is 28.4 Å². The van der Waals surface area contributed by atoms with E-state index in [-0.39, 0.29) is 5.41 Å². The van der Waals surface area contributed by atoms with Crippen molar-refractivity contribution in [2.45, 2.75) is 24.7 Å². The fourth-order valence-corrected chi connectivity index (χ4v) is 11.9. The van der Waals surface area contributed by atoms with E-state index in [0.29, 0.717) is 0 Å². The summed E-state index contributed by atoms with van der Waals surface area (Å²) in [7, 11) is 0. The van der Waals surface area contributed by atoms with Crippen LogP contribution in [0.15, 0.2) is 237 Å². The summed E-state index contributed by atoms with van der Waals surface area (Å²) < 4.78 is 0. The first-order valence-corrected chi connectivity index (χ1v) is 23.1. The predicted octanol–water partition coefficient (Wildman–Crippen LogP) is 16.9. The third-order valence-electron chi connectivity index (χ3n) is 14.7. The summed E-state index contributed by atoms with van der Waals surface area (Å²) in [6.45, 7) is 4.76. The summed E-state index contributed by atoms with van der Waals surface area (Å²) >= 11 is 0. The maximum Gasteiger partial charge on any atom is 0.0727 e. The lowest BCUT2D eigenvalue weighted by atomic mass is 9.70. The molecule has 0 unspecified atom stereocenters. The number of hydrogen-bond acceptors (Lipinski definition) is 2. The Morgan fingerprint density at radius 1 is 0.318 bits per heavy atom. The Bertz CT molecular complexity index is 3500. The normalized spacial score (nSPS) is 13.8. The smallest absolute Gasteiger partial charge is 0.0727 e. The molecule has 0 atom stereocenters. The maximum atomic E-state index is 4.09. The van der Waals surface area contributed by atoms with Gasteiger partial charge < -0.3 is 10.2 Å². The zero-order chi connectivity index (χ0) is 44.0. The molecule has 0 amide bonds. The summed E-state index contributed by atoms with van der Waals surface area (Å²) in [5.41, 5.74) is 25.0. The fraction of sp³-hybridized carbons (Fsp3) is 0.0625. The van der Waals surface area contributed by atoms with Gasteiger partial charge in [-0.3, -0.25) is 0 Å². The van der Waals surface area contributed by atoms with Crippen LogP contribution in [0.2, 0.25) is 0 Å². The van der Waals surface area contributed by atoms with Gasteiger partial charge in [0.2, 0.25) is 0 Å². The molecule has 0 aromatic heterocycles. The maximum absolute atomic E-state index is 4.09. The number of nitrogens with one attached hydrogen (secondary N) is 1. The molecule has 0 saturated carbocycles. The third-order valence-corrected chi connectivity index (χ3v) is 14.7. The molecule has 0 aliphatic heterocycles. The summed E-state index contributed by atoms with van der Waals surface area (Å²) in [6, 6.07) is 87.6. The van der Waals surface area contributed by atoms with Crippen molar-refractivity contribution in [1.29, 1.82) is 0 Å². The highest BCUT2D eigenvalue weighted by Crippen LogP contribution is 2.66. The van der Waals surface area contributed by atoms with Crippen LogP contribution in [0.3, 0.4) is 0 Å². The monoisotopic (exact) mass is 842 g/mol. The molecular weight excluding hydrogens is 797 g/mol. The second kappa shape index (κ2) is 14.7. The van der Waals surface area contributed by atoms with Gasteiger partial charge in [-0.1, -0.05) is 214 Å². The van der Waals surface area contributed by atoms with Crippen LogP contribution in [-0.4, -0.2) is 0 Å². The molecule has 3 aliphatic rings. The van der Waals surface area contributed by atoms with Crippen LogP contribution in [0.1, 0.15) is 47.2 Å². The van der Waals surface area contributed by atoms with Crippen molar-refractivity contribution in [3.8, 4) is 55.6 Å². The van der Waals surface area contributed by atoms with E-state index < -0.39 is 5.41 Å². The van der Waals surface area contributed by atoms with Gasteiger partial charge in [-0.25, -0.2) is 0 Å². The molecule has 1 N–H and O–H groups in total. The Morgan fingerprint density at radius 3 is 1.45 bits per heavy atom. The van der Waals surface area contributed by atoms with E-state index in [1.807, 2.05) is 0 Å². The molecular formula is C64H46N2. The molecule has 2 heteroatoms. The van der Waals surface area contributed by atoms with Crippen molar-refractivity contribution in [1.82, 2.24) is 0 Å². The summed E-state index contributed by atoms with van der Waals surface area (Å²) in [6.07, 6.45) is 0. The molecule has 0 saturated heterocycles. The fourth-order valence-electron chi connectivity index (χ4n) is 11.9. The SMILES string of the molecule is CC1(C)c2ccccc2-c2ccc(N(c3ccccc3-c3ccccc3)c3cccc4c3-c3c(Nc5ccccc5-c5ccccc5)cccc3C43c4ccccc4-c4ccccc43)cc21. The molecule has 0 radical (unpaired) electrons. The third kappa shape index (κ3) is 5.42. The molecule has 2 nitrogen and oxygen atoms in total. The zero-order valence-corrected chi connectivity index (χ0v) is 37.0. The first-order valence-electron chi connectivity index (χ1n) is 23.1. The molecule has 0 heterocycles. The van der Waals surface area contributed by atoms with E-state index in [2.05, 4.69) is 261 Å². The minimum atomic E-state index is -0.559. The molecule has 10 aromatic carbocycles. The predicted molar refractivity (Wildman–Crippen MR) is 276 cm³/mol. The van der Waals surface area contributed by atoms with Gasteiger partial charge in [0.1, 0.15) is 0 Å². The number of para-hydroxylation sites is 2. The van der Waals surface area contributed by atoms with Crippen molar-refractivity contribution in [2.75, 3.05) is 10.2 Å². The van der Waals surface area contributed by atoms with Crippen molar-refractivity contribution < 1.29 is 0 Å². The van der Waals surface area contributed by atoms with E-state index in [4.69, 9.17) is 0 Å². The summed E-state index contributed by atoms with van der Waals surface area (Å²) in [5.74, 6) is 0. The van der Waals surface area contributed by atoms with Gasteiger partial charge in [0.25, 0.3) is 0 Å². The molecule has 0 fully saturated rings. The van der Waals surface area contributed by atoms with Crippen LogP contribution >= 0.6 is 0 Å². The first-order chi connectivity index (χ1) is 32.5. The van der Waals surface area contributed by atoms with E-state index in [1.54, 1.807) is 0 Å². The van der Waals surface area contributed by atoms with Crippen molar-refractivity contribution in [2.24, 2.45) is 0 Å². The largest absolute Gasteiger partial charge is 0.355 e. The van der Waals surface area contributed by atoms with Gasteiger partial charge in [-0.05, 0) is 103 Å². The Labute approximate surface area is 387 Å². The second-order valence-corrected chi connectivity index (χ2v) is 18.4. The van der Waals surface area contributed by atoms with Crippen LogP contribution in [-0.2, 0) is 10.8 Å². The average Bonchev–Trinajstić information content (AvgIpc) is 3.94. The lowest BCUT2D eigenvalue weighted by Crippen LogP contribution is -2.26. The lowest BCUT2D eigenvalue weighted by molar-refractivity contribution is 0.660. The minimum Gasteiger partial charge on any atom is -0.355 e. The summed E-state index contributed by atoms with van der Waals surface area (Å²) in [5, 5.41) is 4.09. The van der Waals surface area contributed by atoms with Gasteiger partial charge in [0.15, 0.2) is 0 Å². The Balaban J connectivity index is 1.13.